The molecule has 2 N–H and O–H groups in total. The van der Waals surface area contributed by atoms with Gasteiger partial charge in [0.05, 0.1) is 19.3 Å². The van der Waals surface area contributed by atoms with Gasteiger partial charge in [0.15, 0.2) is 0 Å². The summed E-state index contributed by atoms with van der Waals surface area (Å²) in [7, 11) is 1.68. The Morgan fingerprint density at radius 2 is 2.00 bits per heavy atom. The van der Waals surface area contributed by atoms with Gasteiger partial charge >= 0.3 is 0 Å². The second kappa shape index (κ2) is 9.15. The zero-order valence-corrected chi connectivity index (χ0v) is 13.0. The van der Waals surface area contributed by atoms with Crippen molar-refractivity contribution in [3.8, 4) is 0 Å². The number of ether oxygens (including phenoxy) is 1. The molecule has 2 rings (SSSR count). The number of rotatable bonds is 8. The smallest absolute Gasteiger partial charge is 0.0638 e. The number of nitrogens with zero attached hydrogens (tertiary/aromatic N) is 1. The van der Waals surface area contributed by atoms with Crippen LogP contribution in [-0.2, 0) is 11.2 Å². The van der Waals surface area contributed by atoms with Crippen molar-refractivity contribution in [3.05, 3.63) is 35.9 Å². The standard InChI is InChI=1S/C17H28N2O2/c1-21-14-17(13-20)18-16-8-11-19(12-9-16)10-7-15-5-3-2-4-6-15/h2-6,16-18,20H,7-14H2,1H3. The summed E-state index contributed by atoms with van der Waals surface area (Å²) in [4.78, 5) is 2.54. The second-order valence-electron chi connectivity index (χ2n) is 5.85. The Balaban J connectivity index is 1.66. The molecule has 0 amide bonds. The van der Waals surface area contributed by atoms with Gasteiger partial charge in [-0.05, 0) is 37.9 Å². The molecule has 0 aromatic heterocycles. The quantitative estimate of drug-likeness (QED) is 0.758. The molecule has 0 spiro atoms. The number of hydrogen-bond donors (Lipinski definition) is 2. The highest BCUT2D eigenvalue weighted by atomic mass is 16.5. The first-order chi connectivity index (χ1) is 10.3. The van der Waals surface area contributed by atoms with Crippen LogP contribution in [0.5, 0.6) is 0 Å². The minimum atomic E-state index is 0.0656. The van der Waals surface area contributed by atoms with Crippen LogP contribution in [0.15, 0.2) is 30.3 Å². The van der Waals surface area contributed by atoms with Crippen molar-refractivity contribution >= 4 is 0 Å². The largest absolute Gasteiger partial charge is 0.395 e. The first kappa shape index (κ1) is 16.4. The number of methoxy groups -OCH3 is 1. The van der Waals surface area contributed by atoms with Gasteiger partial charge in [0.2, 0.25) is 0 Å². The lowest BCUT2D eigenvalue weighted by Crippen LogP contribution is -2.49. The first-order valence-electron chi connectivity index (χ1n) is 7.94. The van der Waals surface area contributed by atoms with E-state index in [4.69, 9.17) is 4.74 Å². The van der Waals surface area contributed by atoms with Crippen molar-refractivity contribution in [3.63, 3.8) is 0 Å². The lowest BCUT2D eigenvalue weighted by Gasteiger charge is -2.34. The third-order valence-electron chi connectivity index (χ3n) is 4.21. The van der Waals surface area contributed by atoms with Gasteiger partial charge < -0.3 is 20.1 Å². The predicted octanol–water partition coefficient (Wildman–Crippen LogP) is 1.29. The first-order valence-corrected chi connectivity index (χ1v) is 7.94. The third kappa shape index (κ3) is 5.75. The fraction of sp³-hybridized carbons (Fsp3) is 0.647. The topological polar surface area (TPSA) is 44.7 Å². The molecule has 4 nitrogen and oxygen atoms in total. The maximum absolute atomic E-state index is 9.30. The van der Waals surface area contributed by atoms with Crippen LogP contribution in [-0.4, -0.2) is 62.0 Å². The molecule has 1 heterocycles. The second-order valence-corrected chi connectivity index (χ2v) is 5.85. The summed E-state index contributed by atoms with van der Waals surface area (Å²) in [5, 5.41) is 12.8. The Morgan fingerprint density at radius 3 is 2.62 bits per heavy atom. The molecule has 0 aliphatic carbocycles. The normalized spacial score (nSPS) is 18.8. The van der Waals surface area contributed by atoms with E-state index in [1.54, 1.807) is 7.11 Å². The lowest BCUT2D eigenvalue weighted by atomic mass is 10.0. The molecule has 0 radical (unpaired) electrons. The summed E-state index contributed by atoms with van der Waals surface area (Å²) in [5.41, 5.74) is 1.41. The van der Waals surface area contributed by atoms with E-state index in [1.165, 1.54) is 5.56 Å². The van der Waals surface area contributed by atoms with Crippen LogP contribution in [0.2, 0.25) is 0 Å². The summed E-state index contributed by atoms with van der Waals surface area (Å²) in [6.07, 6.45) is 3.42. The Labute approximate surface area is 128 Å². The van der Waals surface area contributed by atoms with Crippen LogP contribution in [0.3, 0.4) is 0 Å². The molecular weight excluding hydrogens is 264 g/mol. The Hall–Kier alpha value is -0.940. The van der Waals surface area contributed by atoms with Gasteiger partial charge in [-0.3, -0.25) is 0 Å². The summed E-state index contributed by atoms with van der Waals surface area (Å²) in [6, 6.07) is 11.3. The van der Waals surface area contributed by atoms with Crippen LogP contribution in [0.25, 0.3) is 0 Å². The van der Waals surface area contributed by atoms with Gasteiger partial charge in [0.25, 0.3) is 0 Å². The van der Waals surface area contributed by atoms with Gasteiger partial charge in [-0.15, -0.1) is 0 Å². The minimum Gasteiger partial charge on any atom is -0.395 e. The number of hydrogen-bond acceptors (Lipinski definition) is 4. The minimum absolute atomic E-state index is 0.0656. The molecule has 1 atom stereocenters. The highest BCUT2D eigenvalue weighted by Gasteiger charge is 2.21. The molecule has 21 heavy (non-hydrogen) atoms. The SMILES string of the molecule is COCC(CO)NC1CCN(CCc2ccccc2)CC1. The molecule has 1 aliphatic rings. The van der Waals surface area contributed by atoms with Gasteiger partial charge in [0, 0.05) is 19.7 Å². The summed E-state index contributed by atoms with van der Waals surface area (Å²) < 4.78 is 5.11. The monoisotopic (exact) mass is 292 g/mol. The van der Waals surface area contributed by atoms with Crippen molar-refractivity contribution < 1.29 is 9.84 Å². The average Bonchev–Trinajstić information content (AvgIpc) is 2.54. The molecule has 0 saturated carbocycles. The fourth-order valence-corrected chi connectivity index (χ4v) is 2.94. The molecule has 1 saturated heterocycles. The van der Waals surface area contributed by atoms with E-state index >= 15 is 0 Å². The highest BCUT2D eigenvalue weighted by molar-refractivity contribution is 5.14. The van der Waals surface area contributed by atoms with E-state index in [0.717, 1.165) is 38.9 Å². The molecular formula is C17H28N2O2. The molecule has 1 fully saturated rings. The van der Waals surface area contributed by atoms with Crippen molar-refractivity contribution in [1.29, 1.82) is 0 Å². The summed E-state index contributed by atoms with van der Waals surface area (Å²) in [6.45, 7) is 4.12. The number of nitrogens with one attached hydrogen (secondary N) is 1. The van der Waals surface area contributed by atoms with Crippen molar-refractivity contribution in [2.45, 2.75) is 31.3 Å². The molecule has 4 heteroatoms. The Morgan fingerprint density at radius 1 is 1.29 bits per heavy atom. The number of piperidine rings is 1. The van der Waals surface area contributed by atoms with Crippen molar-refractivity contribution in [2.24, 2.45) is 0 Å². The average molecular weight is 292 g/mol. The van der Waals surface area contributed by atoms with E-state index in [9.17, 15) is 5.11 Å². The predicted molar refractivity (Wildman–Crippen MR) is 85.5 cm³/mol. The molecule has 1 aromatic rings. The maximum atomic E-state index is 9.30. The van der Waals surface area contributed by atoms with Crippen molar-refractivity contribution in [1.82, 2.24) is 10.2 Å². The lowest BCUT2D eigenvalue weighted by molar-refractivity contribution is 0.109. The van der Waals surface area contributed by atoms with Crippen LogP contribution < -0.4 is 5.32 Å². The third-order valence-corrected chi connectivity index (χ3v) is 4.21. The number of benzene rings is 1. The Kier molecular flexibility index (Phi) is 7.16. The molecule has 1 aliphatic heterocycles. The summed E-state index contributed by atoms with van der Waals surface area (Å²) >= 11 is 0. The van der Waals surface area contributed by atoms with E-state index in [0.29, 0.717) is 12.6 Å². The van der Waals surface area contributed by atoms with Gasteiger partial charge in [-0.25, -0.2) is 0 Å². The highest BCUT2D eigenvalue weighted by Crippen LogP contribution is 2.12. The maximum Gasteiger partial charge on any atom is 0.0638 e. The number of aliphatic hydroxyl groups excluding tert-OH is 1. The van der Waals surface area contributed by atoms with Crippen LogP contribution in [0.1, 0.15) is 18.4 Å². The van der Waals surface area contributed by atoms with Gasteiger partial charge in [0.1, 0.15) is 0 Å². The number of aliphatic hydroxyl groups is 1. The molecule has 1 aromatic carbocycles. The van der Waals surface area contributed by atoms with E-state index in [2.05, 4.69) is 40.5 Å². The van der Waals surface area contributed by atoms with Crippen LogP contribution in [0, 0.1) is 0 Å². The van der Waals surface area contributed by atoms with E-state index < -0.39 is 0 Å². The van der Waals surface area contributed by atoms with Gasteiger partial charge in [-0.1, -0.05) is 30.3 Å². The fourth-order valence-electron chi connectivity index (χ4n) is 2.94. The van der Waals surface area contributed by atoms with Crippen LogP contribution >= 0.6 is 0 Å². The van der Waals surface area contributed by atoms with Crippen LogP contribution in [0.4, 0.5) is 0 Å². The summed E-state index contributed by atoms with van der Waals surface area (Å²) in [5.74, 6) is 0. The van der Waals surface area contributed by atoms with Gasteiger partial charge in [-0.2, -0.15) is 0 Å². The zero-order valence-electron chi connectivity index (χ0n) is 13.0. The Bertz CT molecular complexity index is 378. The zero-order chi connectivity index (χ0) is 14.9. The number of likely N-dealkylation sites (tertiary alicyclic amines) is 1. The van der Waals surface area contributed by atoms with Crippen molar-refractivity contribution in [2.75, 3.05) is 40.0 Å². The molecule has 118 valence electrons. The molecule has 1 unspecified atom stereocenters. The van der Waals surface area contributed by atoms with E-state index in [-0.39, 0.29) is 12.6 Å². The molecule has 0 bridgehead atoms. The van der Waals surface area contributed by atoms with E-state index in [1.807, 2.05) is 0 Å².